The van der Waals surface area contributed by atoms with Crippen LogP contribution in [-0.4, -0.2) is 20.6 Å². The number of H-pyrrole nitrogens is 1. The number of nitrogens with zero attached hydrogens (tertiary/aromatic N) is 3. The lowest BCUT2D eigenvalue weighted by atomic mass is 10.1. The minimum atomic E-state index is -4.35. The Hall–Kier alpha value is -2.90. The first-order chi connectivity index (χ1) is 10.9. The summed E-state index contributed by atoms with van der Waals surface area (Å²) < 4.78 is 37.8. The van der Waals surface area contributed by atoms with E-state index in [2.05, 4.69) is 25.9 Å². The Balaban J connectivity index is 1.91. The fourth-order valence-electron chi connectivity index (χ4n) is 2.13. The summed E-state index contributed by atoms with van der Waals surface area (Å²) >= 11 is 0. The van der Waals surface area contributed by atoms with E-state index < -0.39 is 11.7 Å². The van der Waals surface area contributed by atoms with Crippen molar-refractivity contribution in [2.75, 3.05) is 5.32 Å². The molecule has 2 aromatic carbocycles. The topological polar surface area (TPSA) is 66.5 Å². The summed E-state index contributed by atoms with van der Waals surface area (Å²) in [6, 6.07) is 10.4. The Morgan fingerprint density at radius 1 is 1.04 bits per heavy atom. The number of aromatic amines is 1. The highest BCUT2D eigenvalue weighted by molar-refractivity contribution is 5.78. The van der Waals surface area contributed by atoms with Crippen LogP contribution in [0.3, 0.4) is 0 Å². The van der Waals surface area contributed by atoms with E-state index in [0.717, 1.165) is 17.7 Å². The van der Waals surface area contributed by atoms with Gasteiger partial charge in [0.2, 0.25) is 5.82 Å². The molecule has 0 saturated heterocycles. The monoisotopic (exact) mass is 319 g/mol. The number of halogens is 3. The molecule has 0 aliphatic carbocycles. The van der Waals surface area contributed by atoms with Gasteiger partial charge in [0.1, 0.15) is 0 Å². The molecule has 118 valence electrons. The van der Waals surface area contributed by atoms with Gasteiger partial charge in [-0.15, -0.1) is 10.2 Å². The van der Waals surface area contributed by atoms with Gasteiger partial charge in [-0.2, -0.15) is 18.4 Å². The van der Waals surface area contributed by atoms with E-state index in [1.54, 1.807) is 0 Å². The average Bonchev–Trinajstić information content (AvgIpc) is 3.03. The van der Waals surface area contributed by atoms with Gasteiger partial charge in [-0.25, -0.2) is 0 Å². The molecule has 0 fully saturated rings. The zero-order chi connectivity index (χ0) is 16.4. The number of anilines is 2. The van der Waals surface area contributed by atoms with Crippen molar-refractivity contribution in [3.05, 3.63) is 53.6 Å². The number of rotatable bonds is 3. The number of hydrogen-bond donors (Lipinski definition) is 2. The van der Waals surface area contributed by atoms with Gasteiger partial charge in [0.05, 0.1) is 5.56 Å². The maximum Gasteiger partial charge on any atom is 0.416 e. The summed E-state index contributed by atoms with van der Waals surface area (Å²) in [4.78, 5) is 0. The molecule has 3 rings (SSSR count). The maximum absolute atomic E-state index is 12.6. The molecular weight excluding hydrogens is 307 g/mol. The molecule has 23 heavy (non-hydrogen) atoms. The highest BCUT2D eigenvalue weighted by Crippen LogP contribution is 2.32. The third-order valence-corrected chi connectivity index (χ3v) is 3.25. The van der Waals surface area contributed by atoms with Crippen LogP contribution in [0.25, 0.3) is 11.4 Å². The maximum atomic E-state index is 12.6. The van der Waals surface area contributed by atoms with Crippen molar-refractivity contribution in [2.45, 2.75) is 13.1 Å². The van der Waals surface area contributed by atoms with E-state index in [1.807, 2.05) is 25.1 Å². The van der Waals surface area contributed by atoms with Crippen LogP contribution < -0.4 is 5.32 Å². The van der Waals surface area contributed by atoms with Gasteiger partial charge in [-0.3, -0.25) is 0 Å². The van der Waals surface area contributed by atoms with Crippen molar-refractivity contribution in [3.8, 4) is 11.4 Å². The minimum absolute atomic E-state index is 0.406. The number of aromatic nitrogens is 4. The molecule has 0 aliphatic rings. The third-order valence-electron chi connectivity index (χ3n) is 3.25. The Morgan fingerprint density at radius 3 is 2.39 bits per heavy atom. The van der Waals surface area contributed by atoms with Gasteiger partial charge >= 0.3 is 6.18 Å². The molecule has 0 radical (unpaired) electrons. The van der Waals surface area contributed by atoms with Crippen molar-refractivity contribution in [3.63, 3.8) is 0 Å². The standard InChI is InChI=1S/C15H12F3N5/c1-9-2-7-13(12(8-9)14-20-22-23-21-14)19-11-5-3-10(4-6-11)15(16,17)18/h2-8,19H,1H3,(H,20,21,22,23). The second-order valence-electron chi connectivity index (χ2n) is 4.98. The van der Waals surface area contributed by atoms with Gasteiger partial charge in [0.25, 0.3) is 0 Å². The van der Waals surface area contributed by atoms with E-state index in [-0.39, 0.29) is 0 Å². The second-order valence-corrected chi connectivity index (χ2v) is 4.98. The number of tetrazole rings is 1. The van der Waals surface area contributed by atoms with Gasteiger partial charge in [-0.05, 0) is 48.5 Å². The summed E-state index contributed by atoms with van der Waals surface area (Å²) in [7, 11) is 0. The van der Waals surface area contributed by atoms with Crippen LogP contribution in [0.15, 0.2) is 42.5 Å². The first-order valence-corrected chi connectivity index (χ1v) is 6.72. The molecule has 0 saturated carbocycles. The van der Waals surface area contributed by atoms with Crippen LogP contribution in [0.4, 0.5) is 24.5 Å². The summed E-state index contributed by atoms with van der Waals surface area (Å²) in [5, 5.41) is 16.9. The van der Waals surface area contributed by atoms with Crippen LogP contribution in [0, 0.1) is 6.92 Å². The average molecular weight is 319 g/mol. The Kier molecular flexibility index (Phi) is 3.73. The quantitative estimate of drug-likeness (QED) is 0.767. The number of nitrogens with one attached hydrogen (secondary N) is 2. The normalized spacial score (nSPS) is 11.5. The lowest BCUT2D eigenvalue weighted by molar-refractivity contribution is -0.137. The van der Waals surface area contributed by atoms with Gasteiger partial charge in [-0.1, -0.05) is 11.6 Å². The molecule has 1 heterocycles. The van der Waals surface area contributed by atoms with Gasteiger partial charge in [0.15, 0.2) is 0 Å². The lowest BCUT2D eigenvalue weighted by Gasteiger charge is -2.12. The molecular formula is C15H12F3N5. The fourth-order valence-corrected chi connectivity index (χ4v) is 2.13. The molecule has 5 nitrogen and oxygen atoms in total. The molecule has 1 aromatic heterocycles. The summed E-state index contributed by atoms with van der Waals surface area (Å²) in [5.74, 6) is 0.406. The molecule has 0 amide bonds. The zero-order valence-electron chi connectivity index (χ0n) is 12.0. The van der Waals surface area contributed by atoms with Crippen LogP contribution in [0.5, 0.6) is 0 Å². The molecule has 0 bridgehead atoms. The Morgan fingerprint density at radius 2 is 1.78 bits per heavy atom. The molecule has 0 atom stereocenters. The van der Waals surface area contributed by atoms with Crippen LogP contribution >= 0.6 is 0 Å². The largest absolute Gasteiger partial charge is 0.416 e. The number of benzene rings is 2. The van der Waals surface area contributed by atoms with E-state index in [4.69, 9.17) is 0 Å². The van der Waals surface area contributed by atoms with Crippen molar-refractivity contribution in [1.82, 2.24) is 20.6 Å². The molecule has 8 heteroatoms. The van der Waals surface area contributed by atoms with E-state index in [9.17, 15) is 13.2 Å². The van der Waals surface area contributed by atoms with Crippen molar-refractivity contribution >= 4 is 11.4 Å². The second kappa shape index (κ2) is 5.71. The predicted octanol–water partition coefficient (Wildman–Crippen LogP) is 3.94. The lowest BCUT2D eigenvalue weighted by Crippen LogP contribution is -2.04. The first kappa shape index (κ1) is 15.0. The number of hydrogen-bond acceptors (Lipinski definition) is 4. The van der Waals surface area contributed by atoms with E-state index >= 15 is 0 Å². The fraction of sp³-hybridized carbons (Fsp3) is 0.133. The van der Waals surface area contributed by atoms with Crippen molar-refractivity contribution in [1.29, 1.82) is 0 Å². The van der Waals surface area contributed by atoms with Crippen LogP contribution in [0.1, 0.15) is 11.1 Å². The minimum Gasteiger partial charge on any atom is -0.355 e. The van der Waals surface area contributed by atoms with Crippen LogP contribution in [0.2, 0.25) is 0 Å². The molecule has 2 N–H and O–H groups in total. The smallest absolute Gasteiger partial charge is 0.355 e. The number of aryl methyl sites for hydroxylation is 1. The zero-order valence-corrected chi connectivity index (χ0v) is 12.0. The van der Waals surface area contributed by atoms with Crippen molar-refractivity contribution < 1.29 is 13.2 Å². The summed E-state index contributed by atoms with van der Waals surface area (Å²) in [6.07, 6.45) is -4.35. The summed E-state index contributed by atoms with van der Waals surface area (Å²) in [5.41, 5.74) is 2.23. The highest BCUT2D eigenvalue weighted by atomic mass is 19.4. The first-order valence-electron chi connectivity index (χ1n) is 6.72. The van der Waals surface area contributed by atoms with Gasteiger partial charge in [0, 0.05) is 16.9 Å². The SMILES string of the molecule is Cc1ccc(Nc2ccc(C(F)(F)F)cc2)c(-c2nn[nH]n2)c1. The molecule has 0 spiro atoms. The van der Waals surface area contributed by atoms with E-state index in [1.165, 1.54) is 12.1 Å². The van der Waals surface area contributed by atoms with Crippen LogP contribution in [-0.2, 0) is 6.18 Å². The Labute approximate surface area is 129 Å². The predicted molar refractivity (Wildman–Crippen MR) is 79.1 cm³/mol. The summed E-state index contributed by atoms with van der Waals surface area (Å²) in [6.45, 7) is 1.92. The van der Waals surface area contributed by atoms with Gasteiger partial charge < -0.3 is 5.32 Å². The third kappa shape index (κ3) is 3.31. The van der Waals surface area contributed by atoms with E-state index in [0.29, 0.717) is 22.8 Å². The number of alkyl halides is 3. The molecule has 0 aliphatic heterocycles. The molecule has 0 unspecified atom stereocenters. The Bertz CT molecular complexity index is 795. The molecule has 3 aromatic rings. The van der Waals surface area contributed by atoms with Crippen molar-refractivity contribution in [2.24, 2.45) is 0 Å². The highest BCUT2D eigenvalue weighted by Gasteiger charge is 2.29.